The van der Waals surface area contributed by atoms with Crippen LogP contribution in [-0.4, -0.2) is 20.7 Å². The lowest BCUT2D eigenvalue weighted by Gasteiger charge is -2.42. The number of hydrogen-bond donors (Lipinski definition) is 0. The molecule has 1 aliphatic carbocycles. The SMILES string of the molecule is CC(C)[Si](OC[C@@H]1CC=CC1=O)(C(C)C)C(C)C. The molecule has 0 aliphatic heterocycles. The van der Waals surface area contributed by atoms with Crippen molar-refractivity contribution < 1.29 is 9.22 Å². The van der Waals surface area contributed by atoms with Gasteiger partial charge in [-0.2, -0.15) is 0 Å². The molecule has 1 rings (SSSR count). The summed E-state index contributed by atoms with van der Waals surface area (Å²) in [5.74, 6) is 0.322. The minimum atomic E-state index is -1.80. The summed E-state index contributed by atoms with van der Waals surface area (Å²) in [4.78, 5) is 11.6. The summed E-state index contributed by atoms with van der Waals surface area (Å²) in [5.41, 5.74) is 1.76. The van der Waals surface area contributed by atoms with Gasteiger partial charge in [0.05, 0.1) is 0 Å². The summed E-state index contributed by atoms with van der Waals surface area (Å²) in [5, 5.41) is 0. The first-order valence-corrected chi connectivity index (χ1v) is 9.30. The Bertz CT molecular complexity index is 297. The topological polar surface area (TPSA) is 26.3 Å². The molecule has 0 heterocycles. The van der Waals surface area contributed by atoms with E-state index in [0.29, 0.717) is 23.2 Å². The minimum Gasteiger partial charge on any atom is -0.415 e. The number of hydrogen-bond acceptors (Lipinski definition) is 2. The predicted octanol–water partition coefficient (Wildman–Crippen LogP) is 4.32. The first kappa shape index (κ1) is 15.6. The van der Waals surface area contributed by atoms with Crippen LogP contribution in [0.4, 0.5) is 0 Å². The molecule has 0 N–H and O–H groups in total. The molecule has 0 aromatic carbocycles. The number of carbonyl (C=O) groups is 1. The molecule has 0 aromatic heterocycles. The van der Waals surface area contributed by atoms with Crippen molar-refractivity contribution >= 4 is 14.1 Å². The van der Waals surface area contributed by atoms with Gasteiger partial charge in [-0.25, -0.2) is 0 Å². The number of ketones is 1. The maximum Gasteiger partial charge on any atom is 0.200 e. The molecular formula is C15H28O2Si. The van der Waals surface area contributed by atoms with Crippen LogP contribution in [0.25, 0.3) is 0 Å². The summed E-state index contributed by atoms with van der Waals surface area (Å²) in [6, 6.07) is 0. The molecule has 0 amide bonds. The molecule has 0 saturated heterocycles. The Labute approximate surface area is 113 Å². The van der Waals surface area contributed by atoms with Gasteiger partial charge >= 0.3 is 0 Å². The van der Waals surface area contributed by atoms with Crippen molar-refractivity contribution in [3.8, 4) is 0 Å². The van der Waals surface area contributed by atoms with Gasteiger partial charge < -0.3 is 4.43 Å². The van der Waals surface area contributed by atoms with Gasteiger partial charge in [-0.05, 0) is 29.1 Å². The quantitative estimate of drug-likeness (QED) is 0.670. The van der Waals surface area contributed by atoms with Crippen LogP contribution < -0.4 is 0 Å². The molecule has 0 saturated carbocycles. The molecule has 1 atom stereocenters. The lowest BCUT2D eigenvalue weighted by Crippen LogP contribution is -2.48. The Balaban J connectivity index is 2.76. The van der Waals surface area contributed by atoms with E-state index in [2.05, 4.69) is 41.5 Å². The largest absolute Gasteiger partial charge is 0.415 e. The zero-order valence-corrected chi connectivity index (χ0v) is 13.7. The van der Waals surface area contributed by atoms with Gasteiger partial charge in [0.25, 0.3) is 0 Å². The fourth-order valence-electron chi connectivity index (χ4n) is 3.50. The molecule has 3 heteroatoms. The Morgan fingerprint density at radius 1 is 1.17 bits per heavy atom. The molecule has 0 radical (unpaired) electrons. The predicted molar refractivity (Wildman–Crippen MR) is 79.3 cm³/mol. The monoisotopic (exact) mass is 268 g/mol. The molecule has 1 aliphatic rings. The van der Waals surface area contributed by atoms with Crippen molar-refractivity contribution in [1.29, 1.82) is 0 Å². The van der Waals surface area contributed by atoms with Crippen LogP contribution in [0, 0.1) is 5.92 Å². The van der Waals surface area contributed by atoms with Crippen LogP contribution in [0.2, 0.25) is 16.6 Å². The lowest BCUT2D eigenvalue weighted by atomic mass is 10.1. The third-order valence-electron chi connectivity index (χ3n) is 4.35. The van der Waals surface area contributed by atoms with E-state index in [1.807, 2.05) is 6.08 Å². The number of rotatable bonds is 6. The van der Waals surface area contributed by atoms with Crippen molar-refractivity contribution in [2.45, 2.75) is 64.6 Å². The van der Waals surface area contributed by atoms with Crippen molar-refractivity contribution in [2.24, 2.45) is 5.92 Å². The van der Waals surface area contributed by atoms with Crippen LogP contribution in [0.15, 0.2) is 12.2 Å². The average molecular weight is 268 g/mol. The molecule has 104 valence electrons. The molecule has 0 aromatic rings. The Morgan fingerprint density at radius 2 is 1.67 bits per heavy atom. The highest BCUT2D eigenvalue weighted by molar-refractivity contribution is 6.77. The average Bonchev–Trinajstić information content (AvgIpc) is 2.63. The zero-order valence-electron chi connectivity index (χ0n) is 12.7. The summed E-state index contributed by atoms with van der Waals surface area (Å²) in [6.45, 7) is 14.3. The first-order chi connectivity index (χ1) is 8.32. The molecule has 18 heavy (non-hydrogen) atoms. The highest BCUT2D eigenvalue weighted by atomic mass is 28.4. The first-order valence-electron chi connectivity index (χ1n) is 7.16. The third kappa shape index (κ3) is 2.94. The second kappa shape index (κ2) is 6.16. The van der Waals surface area contributed by atoms with E-state index < -0.39 is 8.32 Å². The van der Waals surface area contributed by atoms with E-state index >= 15 is 0 Å². The smallest absolute Gasteiger partial charge is 0.200 e. The van der Waals surface area contributed by atoms with E-state index in [0.717, 1.165) is 6.42 Å². The molecule has 0 bridgehead atoms. The van der Waals surface area contributed by atoms with E-state index in [1.165, 1.54) is 0 Å². The Kier molecular flexibility index (Phi) is 5.35. The summed E-state index contributed by atoms with van der Waals surface area (Å²) in [7, 11) is -1.80. The van der Waals surface area contributed by atoms with E-state index in [1.54, 1.807) is 6.08 Å². The third-order valence-corrected chi connectivity index (χ3v) is 10.4. The van der Waals surface area contributed by atoms with Gasteiger partial charge in [-0.15, -0.1) is 0 Å². The summed E-state index contributed by atoms with van der Waals surface area (Å²) < 4.78 is 6.45. The van der Waals surface area contributed by atoms with E-state index in [-0.39, 0.29) is 11.7 Å². The Morgan fingerprint density at radius 3 is 2.00 bits per heavy atom. The second-order valence-electron chi connectivity index (χ2n) is 6.37. The standard InChI is InChI=1S/C15H28O2Si/c1-11(2)18(12(3)4,13(5)6)17-10-14-8-7-9-15(14)16/h7,9,11-14H,8,10H2,1-6H3/t14-/m0/s1. The fourth-order valence-corrected chi connectivity index (χ4v) is 8.99. The molecule has 2 nitrogen and oxygen atoms in total. The van der Waals surface area contributed by atoms with Crippen LogP contribution in [0.3, 0.4) is 0 Å². The van der Waals surface area contributed by atoms with Crippen molar-refractivity contribution in [3.63, 3.8) is 0 Å². The van der Waals surface area contributed by atoms with Gasteiger partial charge in [-0.1, -0.05) is 47.6 Å². The van der Waals surface area contributed by atoms with Gasteiger partial charge in [-0.3, -0.25) is 4.79 Å². The maximum absolute atomic E-state index is 11.6. The molecular weight excluding hydrogens is 240 g/mol. The van der Waals surface area contributed by atoms with E-state index in [4.69, 9.17) is 4.43 Å². The molecule has 0 spiro atoms. The molecule has 0 fully saturated rings. The maximum atomic E-state index is 11.6. The van der Waals surface area contributed by atoms with Crippen LogP contribution in [0.5, 0.6) is 0 Å². The highest BCUT2D eigenvalue weighted by Crippen LogP contribution is 2.42. The summed E-state index contributed by atoms with van der Waals surface area (Å²) in [6.07, 6.45) is 4.54. The van der Waals surface area contributed by atoms with Crippen molar-refractivity contribution in [2.75, 3.05) is 6.61 Å². The van der Waals surface area contributed by atoms with Gasteiger partial charge in [0.1, 0.15) is 0 Å². The normalized spacial score (nSPS) is 20.7. The van der Waals surface area contributed by atoms with Crippen LogP contribution in [0.1, 0.15) is 48.0 Å². The molecule has 0 unspecified atom stereocenters. The second-order valence-corrected chi connectivity index (χ2v) is 11.8. The Hall–Kier alpha value is -0.413. The van der Waals surface area contributed by atoms with Crippen molar-refractivity contribution in [1.82, 2.24) is 0 Å². The van der Waals surface area contributed by atoms with Crippen LogP contribution in [-0.2, 0) is 9.22 Å². The zero-order chi connectivity index (χ0) is 13.9. The fraction of sp³-hybridized carbons (Fsp3) is 0.800. The van der Waals surface area contributed by atoms with Gasteiger partial charge in [0, 0.05) is 12.5 Å². The number of carbonyl (C=O) groups excluding carboxylic acids is 1. The number of allylic oxidation sites excluding steroid dienone is 2. The van der Waals surface area contributed by atoms with Gasteiger partial charge in [0.2, 0.25) is 0 Å². The highest BCUT2D eigenvalue weighted by Gasteiger charge is 2.45. The van der Waals surface area contributed by atoms with Crippen molar-refractivity contribution in [3.05, 3.63) is 12.2 Å². The summed E-state index contributed by atoms with van der Waals surface area (Å²) >= 11 is 0. The van der Waals surface area contributed by atoms with E-state index in [9.17, 15) is 4.79 Å². The lowest BCUT2D eigenvalue weighted by molar-refractivity contribution is -0.118. The van der Waals surface area contributed by atoms with Crippen LogP contribution >= 0.6 is 0 Å². The minimum absolute atomic E-state index is 0.0770. The van der Waals surface area contributed by atoms with Gasteiger partial charge in [0.15, 0.2) is 14.1 Å².